The fourth-order valence-electron chi connectivity index (χ4n) is 1.52. The molecule has 4 heteroatoms. The quantitative estimate of drug-likeness (QED) is 0.548. The van der Waals surface area contributed by atoms with Gasteiger partial charge in [0.05, 0.1) is 0 Å². The minimum Gasteiger partial charge on any atom is -0.435 e. The van der Waals surface area contributed by atoms with Gasteiger partial charge in [0, 0.05) is 7.11 Å². The SMILES string of the molecule is COC(C)OC(=O)C1CCCCCN1. The van der Waals surface area contributed by atoms with Gasteiger partial charge in [0.15, 0.2) is 6.29 Å². The molecule has 0 spiro atoms. The van der Waals surface area contributed by atoms with E-state index in [1.54, 1.807) is 6.92 Å². The van der Waals surface area contributed by atoms with E-state index in [9.17, 15) is 4.79 Å². The van der Waals surface area contributed by atoms with E-state index in [0.717, 1.165) is 25.8 Å². The van der Waals surface area contributed by atoms with E-state index >= 15 is 0 Å². The fraction of sp³-hybridized carbons (Fsp3) is 0.900. The van der Waals surface area contributed by atoms with E-state index in [-0.39, 0.29) is 12.0 Å². The smallest absolute Gasteiger partial charge is 0.325 e. The molecule has 82 valence electrons. The molecule has 0 radical (unpaired) electrons. The Balaban J connectivity index is 2.34. The number of ether oxygens (including phenoxy) is 2. The molecule has 1 saturated heterocycles. The monoisotopic (exact) mass is 201 g/mol. The van der Waals surface area contributed by atoms with Crippen LogP contribution in [0.15, 0.2) is 0 Å². The molecule has 2 unspecified atom stereocenters. The van der Waals surface area contributed by atoms with Crippen LogP contribution in [0.5, 0.6) is 0 Å². The molecular formula is C10H19NO3. The Morgan fingerprint density at radius 2 is 2.21 bits per heavy atom. The Morgan fingerprint density at radius 1 is 1.43 bits per heavy atom. The lowest BCUT2D eigenvalue weighted by molar-refractivity contribution is -0.172. The Bertz CT molecular complexity index is 176. The van der Waals surface area contributed by atoms with Gasteiger partial charge in [0.25, 0.3) is 0 Å². The third kappa shape index (κ3) is 3.64. The molecule has 1 heterocycles. The van der Waals surface area contributed by atoms with E-state index in [1.807, 2.05) is 0 Å². The van der Waals surface area contributed by atoms with Crippen LogP contribution in [0.2, 0.25) is 0 Å². The van der Waals surface area contributed by atoms with Crippen LogP contribution in [0, 0.1) is 0 Å². The molecule has 0 aromatic carbocycles. The molecular weight excluding hydrogens is 182 g/mol. The van der Waals surface area contributed by atoms with Crippen molar-refractivity contribution in [3.8, 4) is 0 Å². The summed E-state index contributed by atoms with van der Waals surface area (Å²) in [5, 5.41) is 3.18. The standard InChI is InChI=1S/C10H19NO3/c1-8(13-2)14-10(12)9-6-4-3-5-7-11-9/h8-9,11H,3-7H2,1-2H3. The highest BCUT2D eigenvalue weighted by Crippen LogP contribution is 2.10. The molecule has 0 saturated carbocycles. The summed E-state index contributed by atoms with van der Waals surface area (Å²) in [7, 11) is 1.53. The fourth-order valence-corrected chi connectivity index (χ4v) is 1.52. The summed E-state index contributed by atoms with van der Waals surface area (Å²) in [5.41, 5.74) is 0. The van der Waals surface area contributed by atoms with Crippen LogP contribution in [0.1, 0.15) is 32.6 Å². The number of methoxy groups -OCH3 is 1. The molecule has 14 heavy (non-hydrogen) atoms. The van der Waals surface area contributed by atoms with Crippen molar-refractivity contribution < 1.29 is 14.3 Å². The maximum Gasteiger partial charge on any atom is 0.325 e. The zero-order valence-electron chi connectivity index (χ0n) is 8.91. The van der Waals surface area contributed by atoms with Crippen LogP contribution in [0.25, 0.3) is 0 Å². The second kappa shape index (κ2) is 5.98. The van der Waals surface area contributed by atoms with Gasteiger partial charge in [0.2, 0.25) is 0 Å². The van der Waals surface area contributed by atoms with E-state index in [0.29, 0.717) is 0 Å². The predicted molar refractivity (Wildman–Crippen MR) is 52.8 cm³/mol. The summed E-state index contributed by atoms with van der Waals surface area (Å²) in [6.45, 7) is 2.62. The van der Waals surface area contributed by atoms with Gasteiger partial charge in [0.1, 0.15) is 6.04 Å². The molecule has 0 aromatic rings. The zero-order chi connectivity index (χ0) is 10.4. The Kier molecular flexibility index (Phi) is 4.90. The molecule has 1 N–H and O–H groups in total. The molecule has 4 nitrogen and oxygen atoms in total. The van der Waals surface area contributed by atoms with Crippen molar-refractivity contribution in [3.05, 3.63) is 0 Å². The molecule has 0 bridgehead atoms. The number of rotatable bonds is 3. The van der Waals surface area contributed by atoms with Crippen molar-refractivity contribution in [1.82, 2.24) is 5.32 Å². The Morgan fingerprint density at radius 3 is 2.93 bits per heavy atom. The first-order chi connectivity index (χ1) is 6.74. The van der Waals surface area contributed by atoms with Crippen molar-refractivity contribution in [1.29, 1.82) is 0 Å². The zero-order valence-corrected chi connectivity index (χ0v) is 8.91. The summed E-state index contributed by atoms with van der Waals surface area (Å²) in [6, 6.07) is -0.143. The second-order valence-electron chi connectivity index (χ2n) is 3.60. The number of esters is 1. The highest BCUT2D eigenvalue weighted by Gasteiger charge is 2.22. The highest BCUT2D eigenvalue weighted by molar-refractivity contribution is 5.75. The summed E-state index contributed by atoms with van der Waals surface area (Å²) < 4.78 is 9.94. The molecule has 1 rings (SSSR count). The van der Waals surface area contributed by atoms with Gasteiger partial charge < -0.3 is 14.8 Å². The lowest BCUT2D eigenvalue weighted by Gasteiger charge is -2.17. The van der Waals surface area contributed by atoms with Crippen molar-refractivity contribution >= 4 is 5.97 Å². The Labute approximate surface area is 85.0 Å². The van der Waals surface area contributed by atoms with Crippen molar-refractivity contribution in [3.63, 3.8) is 0 Å². The lowest BCUT2D eigenvalue weighted by atomic mass is 10.1. The van der Waals surface area contributed by atoms with Gasteiger partial charge in [-0.25, -0.2) is 0 Å². The van der Waals surface area contributed by atoms with Crippen LogP contribution >= 0.6 is 0 Å². The third-order valence-electron chi connectivity index (χ3n) is 2.46. The lowest BCUT2D eigenvalue weighted by Crippen LogP contribution is -2.38. The van der Waals surface area contributed by atoms with Gasteiger partial charge in [-0.3, -0.25) is 4.79 Å². The minimum absolute atomic E-state index is 0.143. The van der Waals surface area contributed by atoms with E-state index < -0.39 is 6.29 Å². The maximum absolute atomic E-state index is 11.6. The first-order valence-corrected chi connectivity index (χ1v) is 5.20. The van der Waals surface area contributed by atoms with Crippen molar-refractivity contribution in [2.45, 2.75) is 44.9 Å². The molecule has 1 aliphatic rings. The number of carbonyl (C=O) groups excluding carboxylic acids is 1. The average molecular weight is 201 g/mol. The minimum atomic E-state index is -0.451. The van der Waals surface area contributed by atoms with Gasteiger partial charge in [-0.15, -0.1) is 0 Å². The van der Waals surface area contributed by atoms with Gasteiger partial charge in [-0.1, -0.05) is 12.8 Å². The number of hydrogen-bond acceptors (Lipinski definition) is 4. The van der Waals surface area contributed by atoms with Crippen LogP contribution in [-0.4, -0.2) is 32.0 Å². The van der Waals surface area contributed by atoms with Crippen LogP contribution in [-0.2, 0) is 14.3 Å². The van der Waals surface area contributed by atoms with E-state index in [1.165, 1.54) is 13.5 Å². The average Bonchev–Trinajstić information content (AvgIpc) is 2.45. The summed E-state index contributed by atoms with van der Waals surface area (Å²) in [6.07, 6.45) is 3.84. The summed E-state index contributed by atoms with van der Waals surface area (Å²) >= 11 is 0. The largest absolute Gasteiger partial charge is 0.435 e. The van der Waals surface area contributed by atoms with Crippen molar-refractivity contribution in [2.24, 2.45) is 0 Å². The predicted octanol–water partition coefficient (Wildman–Crippen LogP) is 1.05. The van der Waals surface area contributed by atoms with Crippen LogP contribution in [0.3, 0.4) is 0 Å². The molecule has 2 atom stereocenters. The van der Waals surface area contributed by atoms with Crippen LogP contribution in [0.4, 0.5) is 0 Å². The van der Waals surface area contributed by atoms with Gasteiger partial charge in [-0.05, 0) is 26.3 Å². The number of nitrogens with one attached hydrogen (secondary N) is 1. The molecule has 0 amide bonds. The molecule has 1 fully saturated rings. The molecule has 1 aliphatic heterocycles. The Hall–Kier alpha value is -0.610. The topological polar surface area (TPSA) is 47.6 Å². The second-order valence-corrected chi connectivity index (χ2v) is 3.60. The third-order valence-corrected chi connectivity index (χ3v) is 2.46. The summed E-state index contributed by atoms with van der Waals surface area (Å²) in [5.74, 6) is -0.193. The number of hydrogen-bond donors (Lipinski definition) is 1. The van der Waals surface area contributed by atoms with Crippen LogP contribution < -0.4 is 5.32 Å². The maximum atomic E-state index is 11.6. The van der Waals surface area contributed by atoms with E-state index in [2.05, 4.69) is 5.32 Å². The first-order valence-electron chi connectivity index (χ1n) is 5.20. The van der Waals surface area contributed by atoms with E-state index in [4.69, 9.17) is 9.47 Å². The molecule has 0 aliphatic carbocycles. The summed E-state index contributed by atoms with van der Waals surface area (Å²) in [4.78, 5) is 11.6. The first kappa shape index (κ1) is 11.5. The highest BCUT2D eigenvalue weighted by atomic mass is 16.7. The number of carbonyl (C=O) groups is 1. The van der Waals surface area contributed by atoms with Gasteiger partial charge in [-0.2, -0.15) is 0 Å². The molecule has 0 aromatic heterocycles. The van der Waals surface area contributed by atoms with Crippen molar-refractivity contribution in [2.75, 3.05) is 13.7 Å². The normalized spacial score (nSPS) is 25.1. The van der Waals surface area contributed by atoms with Gasteiger partial charge >= 0.3 is 5.97 Å².